The molecule has 1 amide bonds. The Hall–Kier alpha value is -4.26. The highest BCUT2D eigenvalue weighted by atomic mass is 16.5. The Bertz CT molecular complexity index is 1390. The number of carbonyl (C=O) groups excluding carboxylic acids is 1. The molecule has 0 spiro atoms. The van der Waals surface area contributed by atoms with Crippen LogP contribution in [0.3, 0.4) is 0 Å². The lowest BCUT2D eigenvalue weighted by Crippen LogP contribution is -2.14. The number of aromatic nitrogens is 4. The van der Waals surface area contributed by atoms with E-state index in [1.807, 2.05) is 78.3 Å². The van der Waals surface area contributed by atoms with Crippen LogP contribution in [0.4, 0.5) is 5.69 Å². The van der Waals surface area contributed by atoms with Crippen LogP contribution in [0.25, 0.3) is 27.9 Å². The van der Waals surface area contributed by atoms with Gasteiger partial charge in [-0.05, 0) is 43.3 Å². The number of anilines is 1. The Morgan fingerprint density at radius 2 is 1.90 bits per heavy atom. The molecule has 1 N–H and O–H groups in total. The number of hydrogen-bond donors (Lipinski definition) is 1. The predicted octanol–water partition coefficient (Wildman–Crippen LogP) is 4.51. The van der Waals surface area contributed by atoms with Gasteiger partial charge in [0, 0.05) is 41.3 Å². The highest BCUT2D eigenvalue weighted by Crippen LogP contribution is 2.24. The summed E-state index contributed by atoms with van der Waals surface area (Å²) in [6.45, 7) is 1.83. The van der Waals surface area contributed by atoms with Gasteiger partial charge in [-0.2, -0.15) is 0 Å². The molecule has 0 aliphatic rings. The summed E-state index contributed by atoms with van der Waals surface area (Å²) in [4.78, 5) is 26.2. The number of nitrogens with zero attached hydrogens (tertiary/aromatic N) is 4. The summed E-state index contributed by atoms with van der Waals surface area (Å²) in [5.74, 6) is 1.18. The third kappa shape index (κ3) is 3.57. The number of fused-ring (bicyclic) bond motifs is 2. The number of aryl methyl sites for hydroxylation is 1. The van der Waals surface area contributed by atoms with E-state index in [1.54, 1.807) is 13.3 Å². The van der Waals surface area contributed by atoms with Crippen molar-refractivity contribution in [3.63, 3.8) is 0 Å². The van der Waals surface area contributed by atoms with E-state index in [4.69, 9.17) is 4.74 Å². The second-order valence-electron chi connectivity index (χ2n) is 7.16. The number of imidazole rings is 1. The smallest absolute Gasteiger partial charge is 0.257 e. The van der Waals surface area contributed by atoms with Gasteiger partial charge < -0.3 is 10.1 Å². The molecule has 0 bridgehead atoms. The predicted molar refractivity (Wildman–Crippen MR) is 119 cm³/mol. The number of ether oxygens (including phenoxy) is 1. The van der Waals surface area contributed by atoms with Crippen molar-refractivity contribution in [2.24, 2.45) is 0 Å². The summed E-state index contributed by atoms with van der Waals surface area (Å²) in [6.07, 6.45) is 5.54. The molecule has 0 aliphatic carbocycles. The van der Waals surface area contributed by atoms with Crippen molar-refractivity contribution >= 4 is 28.3 Å². The third-order valence-corrected chi connectivity index (χ3v) is 5.13. The number of rotatable bonds is 4. The lowest BCUT2D eigenvalue weighted by atomic mass is 10.1. The van der Waals surface area contributed by atoms with Crippen molar-refractivity contribution < 1.29 is 9.53 Å². The largest absolute Gasteiger partial charge is 0.497 e. The van der Waals surface area contributed by atoms with Gasteiger partial charge >= 0.3 is 0 Å². The number of benzene rings is 2. The molecule has 0 unspecified atom stereocenters. The fourth-order valence-electron chi connectivity index (χ4n) is 3.49. The zero-order valence-electron chi connectivity index (χ0n) is 17.0. The maximum Gasteiger partial charge on any atom is 0.257 e. The highest BCUT2D eigenvalue weighted by molar-refractivity contribution is 6.06. The Labute approximate surface area is 178 Å². The standard InChI is InChI=1S/C24H19N5O2/c1-15-20(12-17-6-9-19(31-2)13-21(17)26-15)23(30)27-18-7-4-16(5-8-18)22-14-29-11-3-10-25-24(29)28-22/h3-14H,1-2H3,(H,27,30). The first-order chi connectivity index (χ1) is 15.1. The van der Waals surface area contributed by atoms with Gasteiger partial charge in [-0.3, -0.25) is 14.2 Å². The van der Waals surface area contributed by atoms with Crippen LogP contribution in [0.15, 0.2) is 73.2 Å². The molecule has 0 atom stereocenters. The normalized spacial score (nSPS) is 11.0. The van der Waals surface area contributed by atoms with E-state index >= 15 is 0 Å². The van der Waals surface area contributed by atoms with Gasteiger partial charge in [0.1, 0.15) is 5.75 Å². The summed E-state index contributed by atoms with van der Waals surface area (Å²) in [7, 11) is 1.62. The van der Waals surface area contributed by atoms with Gasteiger partial charge in [0.15, 0.2) is 0 Å². The van der Waals surface area contributed by atoms with E-state index in [9.17, 15) is 4.79 Å². The number of hydrogen-bond acceptors (Lipinski definition) is 5. The Morgan fingerprint density at radius 1 is 1.06 bits per heavy atom. The van der Waals surface area contributed by atoms with Crippen molar-refractivity contribution in [3.05, 3.63) is 84.4 Å². The van der Waals surface area contributed by atoms with Crippen molar-refractivity contribution in [2.75, 3.05) is 12.4 Å². The van der Waals surface area contributed by atoms with Crippen LogP contribution in [0.1, 0.15) is 16.1 Å². The van der Waals surface area contributed by atoms with Gasteiger partial charge in [0.05, 0.1) is 29.6 Å². The van der Waals surface area contributed by atoms with Gasteiger partial charge in [0.25, 0.3) is 5.91 Å². The second-order valence-corrected chi connectivity index (χ2v) is 7.16. The SMILES string of the molecule is COc1ccc2cc(C(=O)Nc3ccc(-c4cn5cccnc5n4)cc3)c(C)nc2c1. The van der Waals surface area contributed by atoms with Crippen molar-refractivity contribution in [2.45, 2.75) is 6.92 Å². The molecule has 3 aromatic heterocycles. The molecule has 152 valence electrons. The maximum absolute atomic E-state index is 12.9. The van der Waals surface area contributed by atoms with Crippen molar-refractivity contribution in [1.29, 1.82) is 0 Å². The van der Waals surface area contributed by atoms with Gasteiger partial charge in [-0.1, -0.05) is 12.1 Å². The molecule has 31 heavy (non-hydrogen) atoms. The number of amides is 1. The number of methoxy groups -OCH3 is 1. The minimum atomic E-state index is -0.201. The van der Waals surface area contributed by atoms with Crippen LogP contribution >= 0.6 is 0 Å². The molecule has 5 aromatic rings. The second kappa shape index (κ2) is 7.53. The minimum absolute atomic E-state index is 0.201. The molecule has 0 radical (unpaired) electrons. The van der Waals surface area contributed by atoms with Crippen molar-refractivity contribution in [1.82, 2.24) is 19.4 Å². The van der Waals surface area contributed by atoms with Crippen LogP contribution < -0.4 is 10.1 Å². The Kier molecular flexibility index (Phi) is 4.55. The summed E-state index contributed by atoms with van der Waals surface area (Å²) in [6, 6.07) is 16.9. The first kappa shape index (κ1) is 18.7. The summed E-state index contributed by atoms with van der Waals surface area (Å²) < 4.78 is 7.12. The monoisotopic (exact) mass is 409 g/mol. The molecule has 7 nitrogen and oxygen atoms in total. The summed E-state index contributed by atoms with van der Waals surface area (Å²) in [5.41, 5.74) is 4.45. The quantitative estimate of drug-likeness (QED) is 0.472. The lowest BCUT2D eigenvalue weighted by Gasteiger charge is -2.10. The van der Waals surface area contributed by atoms with Gasteiger partial charge in [-0.25, -0.2) is 9.97 Å². The average molecular weight is 409 g/mol. The zero-order chi connectivity index (χ0) is 21.4. The number of nitrogens with one attached hydrogen (secondary N) is 1. The van der Waals surface area contributed by atoms with E-state index in [1.165, 1.54) is 0 Å². The lowest BCUT2D eigenvalue weighted by molar-refractivity contribution is 0.102. The molecule has 0 fully saturated rings. The van der Waals surface area contributed by atoms with Crippen LogP contribution in [0.2, 0.25) is 0 Å². The van der Waals surface area contributed by atoms with Crippen LogP contribution in [0, 0.1) is 6.92 Å². The van der Waals surface area contributed by atoms with Gasteiger partial charge in [0.2, 0.25) is 5.78 Å². The zero-order valence-corrected chi connectivity index (χ0v) is 17.0. The van der Waals surface area contributed by atoms with E-state index in [0.717, 1.165) is 27.9 Å². The molecule has 0 aliphatic heterocycles. The number of carbonyl (C=O) groups is 1. The molecule has 0 saturated carbocycles. The minimum Gasteiger partial charge on any atom is -0.497 e. The van der Waals surface area contributed by atoms with E-state index in [0.29, 0.717) is 22.7 Å². The molecule has 2 aromatic carbocycles. The average Bonchev–Trinajstić information content (AvgIpc) is 3.23. The molecule has 7 heteroatoms. The first-order valence-corrected chi connectivity index (χ1v) is 9.77. The molecule has 0 saturated heterocycles. The highest BCUT2D eigenvalue weighted by Gasteiger charge is 2.13. The Balaban J connectivity index is 1.38. The Morgan fingerprint density at radius 3 is 2.68 bits per heavy atom. The molecule has 5 rings (SSSR count). The van der Waals surface area contributed by atoms with Crippen LogP contribution in [-0.4, -0.2) is 32.4 Å². The fourth-order valence-corrected chi connectivity index (χ4v) is 3.49. The first-order valence-electron chi connectivity index (χ1n) is 9.77. The van der Waals surface area contributed by atoms with Crippen LogP contribution in [-0.2, 0) is 0 Å². The van der Waals surface area contributed by atoms with E-state index < -0.39 is 0 Å². The molecular weight excluding hydrogens is 390 g/mol. The number of pyridine rings is 1. The van der Waals surface area contributed by atoms with Crippen LogP contribution in [0.5, 0.6) is 5.75 Å². The molecule has 3 heterocycles. The fraction of sp³-hybridized carbons (Fsp3) is 0.0833. The third-order valence-electron chi connectivity index (χ3n) is 5.13. The molecular formula is C24H19N5O2. The van der Waals surface area contributed by atoms with Gasteiger partial charge in [-0.15, -0.1) is 0 Å². The topological polar surface area (TPSA) is 81.4 Å². The van der Waals surface area contributed by atoms with E-state index in [-0.39, 0.29) is 5.91 Å². The van der Waals surface area contributed by atoms with Crippen molar-refractivity contribution in [3.8, 4) is 17.0 Å². The maximum atomic E-state index is 12.9. The van der Waals surface area contributed by atoms with E-state index in [2.05, 4.69) is 20.3 Å². The summed E-state index contributed by atoms with van der Waals surface area (Å²) >= 11 is 0. The summed E-state index contributed by atoms with van der Waals surface area (Å²) in [5, 5.41) is 3.83.